The smallest absolute Gasteiger partial charge is 0.214 e. The van der Waals surface area contributed by atoms with Crippen molar-refractivity contribution in [3.8, 4) is 17.2 Å². The number of rotatable bonds is 9. The molecule has 1 atom stereocenters. The summed E-state index contributed by atoms with van der Waals surface area (Å²) in [7, 11) is 1.51. The number of methoxy groups -OCH3 is 1. The van der Waals surface area contributed by atoms with Crippen molar-refractivity contribution in [3.05, 3.63) is 53.1 Å². The molecule has 30 heavy (non-hydrogen) atoms. The van der Waals surface area contributed by atoms with Crippen LogP contribution in [0.3, 0.4) is 0 Å². The number of hydrogen-bond acceptors (Lipinski definition) is 8. The number of thioether (sulfide) groups is 1. The summed E-state index contributed by atoms with van der Waals surface area (Å²) in [4.78, 5) is 11.5. The number of aliphatic hydroxyl groups is 1. The first-order valence-corrected chi connectivity index (χ1v) is 10.4. The highest BCUT2D eigenvalue weighted by molar-refractivity contribution is 7.99. The van der Waals surface area contributed by atoms with Crippen LogP contribution in [-0.4, -0.2) is 56.7 Å². The molecule has 3 rings (SSSR count). The van der Waals surface area contributed by atoms with Gasteiger partial charge in [-0.1, -0.05) is 23.9 Å². The Morgan fingerprint density at radius 3 is 2.77 bits per heavy atom. The van der Waals surface area contributed by atoms with Gasteiger partial charge in [0.25, 0.3) is 0 Å². The van der Waals surface area contributed by atoms with E-state index in [0.717, 1.165) is 16.8 Å². The zero-order chi connectivity index (χ0) is 21.7. The molecule has 1 N–H and O–H groups in total. The van der Waals surface area contributed by atoms with E-state index < -0.39 is 6.10 Å². The van der Waals surface area contributed by atoms with Crippen molar-refractivity contribution < 1.29 is 19.4 Å². The van der Waals surface area contributed by atoms with Crippen LogP contribution in [0.15, 0.2) is 41.6 Å². The summed E-state index contributed by atoms with van der Waals surface area (Å²) in [5.41, 5.74) is 3.69. The molecule has 3 aromatic rings. The molecule has 0 amide bonds. The Balaban J connectivity index is 1.61. The zero-order valence-electron chi connectivity index (χ0n) is 17.3. The van der Waals surface area contributed by atoms with Crippen LogP contribution in [-0.2, 0) is 0 Å². The van der Waals surface area contributed by atoms with E-state index in [-0.39, 0.29) is 12.4 Å². The first kappa shape index (κ1) is 21.8. The van der Waals surface area contributed by atoms with Crippen LogP contribution in [0, 0.1) is 13.8 Å². The fourth-order valence-electron chi connectivity index (χ4n) is 2.80. The minimum absolute atomic E-state index is 0.0575. The Bertz CT molecular complexity index is 1040. The normalized spacial score (nSPS) is 11.9. The molecule has 1 aromatic heterocycles. The topological polar surface area (TPSA) is 99.4 Å². The lowest BCUT2D eigenvalue weighted by Gasteiger charge is -2.15. The van der Waals surface area contributed by atoms with Crippen molar-refractivity contribution in [1.82, 2.24) is 20.2 Å². The highest BCUT2D eigenvalue weighted by Gasteiger charge is 2.16. The van der Waals surface area contributed by atoms with Crippen molar-refractivity contribution in [2.75, 3.05) is 19.5 Å². The number of tetrazole rings is 1. The maximum Gasteiger partial charge on any atom is 0.214 e. The Hall–Kier alpha value is -2.91. The van der Waals surface area contributed by atoms with Crippen molar-refractivity contribution in [2.24, 2.45) is 0 Å². The van der Waals surface area contributed by atoms with Gasteiger partial charge in [-0.15, -0.1) is 5.10 Å². The number of carbonyl (C=O) groups is 1. The number of nitrogens with zero attached hydrogens (tertiary/aromatic N) is 4. The van der Waals surface area contributed by atoms with E-state index in [4.69, 9.17) is 9.47 Å². The number of benzene rings is 2. The van der Waals surface area contributed by atoms with Gasteiger partial charge in [-0.25, -0.2) is 0 Å². The number of aromatic nitrogens is 4. The standard InChI is InChI=1S/C21H24N4O4S/c1-13-6-5-7-18(14(13)2)25-21(22-23-24-25)30-12-17(27)11-29-19-9-8-16(15(3)26)10-20(19)28-4/h5-10,17,27H,11-12H2,1-4H3/t17-/m0/s1. The van der Waals surface area contributed by atoms with Crippen LogP contribution < -0.4 is 9.47 Å². The summed E-state index contributed by atoms with van der Waals surface area (Å²) in [6, 6.07) is 10.9. The van der Waals surface area contributed by atoms with Crippen molar-refractivity contribution >= 4 is 17.5 Å². The summed E-state index contributed by atoms with van der Waals surface area (Å²) >= 11 is 1.34. The average Bonchev–Trinajstić information content (AvgIpc) is 3.20. The van der Waals surface area contributed by atoms with Crippen LogP contribution in [0.5, 0.6) is 11.5 Å². The molecule has 0 aliphatic carbocycles. The lowest BCUT2D eigenvalue weighted by Crippen LogP contribution is -2.20. The monoisotopic (exact) mass is 428 g/mol. The molecule has 0 aliphatic heterocycles. The van der Waals surface area contributed by atoms with Crippen molar-refractivity contribution in [3.63, 3.8) is 0 Å². The second kappa shape index (κ2) is 9.73. The highest BCUT2D eigenvalue weighted by atomic mass is 32.2. The largest absolute Gasteiger partial charge is 0.493 e. The summed E-state index contributed by atoms with van der Waals surface area (Å²) in [5, 5.41) is 22.9. The van der Waals surface area contributed by atoms with Crippen molar-refractivity contribution in [1.29, 1.82) is 0 Å². The lowest BCUT2D eigenvalue weighted by molar-refractivity contribution is 0.101. The molecule has 158 valence electrons. The van der Waals surface area contributed by atoms with Gasteiger partial charge in [0.05, 0.1) is 18.9 Å². The first-order chi connectivity index (χ1) is 14.4. The highest BCUT2D eigenvalue weighted by Crippen LogP contribution is 2.29. The molecule has 0 spiro atoms. The van der Waals surface area contributed by atoms with Crippen LogP contribution in [0.2, 0.25) is 0 Å². The Morgan fingerprint density at radius 2 is 2.03 bits per heavy atom. The average molecular weight is 429 g/mol. The number of aryl methyl sites for hydroxylation is 1. The molecule has 9 heteroatoms. The molecule has 0 saturated carbocycles. The number of aliphatic hydroxyl groups excluding tert-OH is 1. The van der Waals surface area contributed by atoms with E-state index in [0.29, 0.717) is 28.0 Å². The summed E-state index contributed by atoms with van der Waals surface area (Å²) < 4.78 is 12.6. The van der Waals surface area contributed by atoms with E-state index in [2.05, 4.69) is 15.5 Å². The maximum atomic E-state index is 11.5. The lowest BCUT2D eigenvalue weighted by atomic mass is 10.1. The third-order valence-corrected chi connectivity index (χ3v) is 5.72. The van der Waals surface area contributed by atoms with Crippen LogP contribution >= 0.6 is 11.8 Å². The van der Waals surface area contributed by atoms with Crippen LogP contribution in [0.25, 0.3) is 5.69 Å². The third-order valence-electron chi connectivity index (χ3n) is 4.65. The quantitative estimate of drug-likeness (QED) is 0.410. The van der Waals surface area contributed by atoms with Gasteiger partial charge < -0.3 is 14.6 Å². The number of ketones is 1. The van der Waals surface area contributed by atoms with Gasteiger partial charge in [-0.3, -0.25) is 4.79 Å². The number of hydrogen-bond donors (Lipinski definition) is 1. The maximum absolute atomic E-state index is 11.5. The van der Waals surface area contributed by atoms with Crippen LogP contribution in [0.1, 0.15) is 28.4 Å². The minimum atomic E-state index is -0.754. The van der Waals surface area contributed by atoms with E-state index in [1.54, 1.807) is 22.9 Å². The molecule has 0 aliphatic rings. The third kappa shape index (κ3) is 4.98. The molecule has 8 nitrogen and oxygen atoms in total. The fraction of sp³-hybridized carbons (Fsp3) is 0.333. The Kier molecular flexibility index (Phi) is 7.07. The van der Waals surface area contributed by atoms with Gasteiger partial charge in [0.15, 0.2) is 17.3 Å². The summed E-state index contributed by atoms with van der Waals surface area (Å²) in [6.45, 7) is 5.61. The predicted molar refractivity (Wildman–Crippen MR) is 114 cm³/mol. The zero-order valence-corrected chi connectivity index (χ0v) is 18.1. The van der Waals surface area contributed by atoms with E-state index in [9.17, 15) is 9.90 Å². The Morgan fingerprint density at radius 1 is 1.23 bits per heavy atom. The van der Waals surface area contributed by atoms with Gasteiger partial charge in [-0.2, -0.15) is 4.68 Å². The molecule has 0 radical (unpaired) electrons. The van der Waals surface area contributed by atoms with Gasteiger partial charge in [0, 0.05) is 11.3 Å². The number of ether oxygens (including phenoxy) is 2. The number of Topliss-reactive ketones (excluding diaryl/α,β-unsaturated/α-hetero) is 1. The van der Waals surface area contributed by atoms with E-state index in [1.807, 2.05) is 32.0 Å². The molecule has 0 unspecified atom stereocenters. The van der Waals surface area contributed by atoms with Crippen LogP contribution in [0.4, 0.5) is 0 Å². The van der Waals surface area contributed by atoms with Gasteiger partial charge in [-0.05, 0) is 66.6 Å². The van der Waals surface area contributed by atoms with E-state index >= 15 is 0 Å². The predicted octanol–water partition coefficient (Wildman–Crippen LogP) is 3.02. The molecule has 0 bridgehead atoms. The minimum Gasteiger partial charge on any atom is -0.493 e. The second-order valence-electron chi connectivity index (χ2n) is 6.79. The molecule has 1 heterocycles. The second-order valence-corrected chi connectivity index (χ2v) is 7.78. The molecular weight excluding hydrogens is 404 g/mol. The van der Waals surface area contributed by atoms with Gasteiger partial charge in [0.2, 0.25) is 5.16 Å². The van der Waals surface area contributed by atoms with E-state index in [1.165, 1.54) is 25.8 Å². The SMILES string of the molecule is COc1cc(C(C)=O)ccc1OC[C@H](O)CSc1nnnn1-c1cccc(C)c1C. The van der Waals surface area contributed by atoms with Gasteiger partial charge >= 0.3 is 0 Å². The molecular formula is C21H24N4O4S. The van der Waals surface area contributed by atoms with Crippen molar-refractivity contribution in [2.45, 2.75) is 32.0 Å². The molecule has 2 aromatic carbocycles. The summed E-state index contributed by atoms with van der Waals surface area (Å²) in [6.07, 6.45) is -0.754. The fourth-order valence-corrected chi connectivity index (χ4v) is 3.58. The number of carbonyl (C=O) groups excluding carboxylic acids is 1. The first-order valence-electron chi connectivity index (χ1n) is 9.38. The van der Waals surface area contributed by atoms with Gasteiger partial charge in [0.1, 0.15) is 6.61 Å². The molecule has 0 saturated heterocycles. The summed E-state index contributed by atoms with van der Waals surface area (Å²) in [5.74, 6) is 1.20. The Labute approximate surface area is 179 Å². The molecule has 0 fully saturated rings.